The molecule has 0 aromatic heterocycles. The van der Waals surface area contributed by atoms with Gasteiger partial charge in [-0.25, -0.2) is 4.39 Å². The molecule has 0 aliphatic carbocycles. The van der Waals surface area contributed by atoms with E-state index in [1.807, 2.05) is 0 Å². The van der Waals surface area contributed by atoms with Crippen LogP contribution in [0.1, 0.15) is 0 Å². The highest BCUT2D eigenvalue weighted by Crippen LogP contribution is 2.14. The van der Waals surface area contributed by atoms with E-state index in [1.165, 1.54) is 0 Å². The molecule has 11 heavy (non-hydrogen) atoms. The molecular weight excluding hydrogens is 150 g/mol. The van der Waals surface area contributed by atoms with Crippen LogP contribution < -0.4 is 0 Å². The molecule has 0 aromatic rings. The van der Waals surface area contributed by atoms with E-state index in [2.05, 4.69) is 13.2 Å². The molecule has 0 fully saturated rings. The third-order valence-electron chi connectivity index (χ3n) is 1.01. The van der Waals surface area contributed by atoms with Gasteiger partial charge in [0.25, 0.3) is 0 Å². The molecule has 5 heteroatoms. The second-order valence-electron chi connectivity index (χ2n) is 1.79. The zero-order valence-electron chi connectivity index (χ0n) is 5.79. The Morgan fingerprint density at radius 1 is 1.45 bits per heavy atom. The van der Waals surface area contributed by atoms with Gasteiger partial charge in [-0.05, 0) is 6.08 Å². The Morgan fingerprint density at radius 2 is 1.91 bits per heavy atom. The van der Waals surface area contributed by atoms with Crippen LogP contribution in [-0.2, 0) is 0 Å². The Morgan fingerprint density at radius 3 is 2.00 bits per heavy atom. The van der Waals surface area contributed by atoms with E-state index in [9.17, 15) is 4.39 Å². The summed E-state index contributed by atoms with van der Waals surface area (Å²) in [5.41, 5.74) is -0.667. The Hall–Kier alpha value is -1.07. The minimum absolute atomic E-state index is 0.667. The Balaban J connectivity index is 4.87. The van der Waals surface area contributed by atoms with Gasteiger partial charge in [0.05, 0.1) is 5.47 Å². The molecular formula is C6H8BFO3. The molecule has 3 nitrogen and oxygen atoms in total. The molecule has 0 heterocycles. The highest BCUT2D eigenvalue weighted by Gasteiger charge is 2.21. The van der Waals surface area contributed by atoms with E-state index >= 15 is 0 Å². The van der Waals surface area contributed by atoms with Crippen molar-refractivity contribution < 1.29 is 19.5 Å². The summed E-state index contributed by atoms with van der Waals surface area (Å²) in [5.74, 6) is -1.73. The molecule has 0 bridgehead atoms. The van der Waals surface area contributed by atoms with Crippen LogP contribution in [-0.4, -0.2) is 22.3 Å². The molecule has 0 atom stereocenters. The fourth-order valence-corrected chi connectivity index (χ4v) is 0.520. The first-order valence-electron chi connectivity index (χ1n) is 2.77. The van der Waals surface area contributed by atoms with E-state index < -0.39 is 24.2 Å². The Kier molecular flexibility index (Phi) is 3.57. The molecule has 0 amide bonds. The molecule has 0 radical (unpaired) electrons. The summed E-state index contributed by atoms with van der Waals surface area (Å²) < 4.78 is 12.5. The lowest BCUT2D eigenvalue weighted by Gasteiger charge is -2.03. The SMILES string of the molecule is C=C/C(F)=C(/B(O)O)C(=C)O. The number of allylic oxidation sites excluding steroid dienone is 3. The molecule has 0 unspecified atom stereocenters. The summed E-state index contributed by atoms with van der Waals surface area (Å²) in [6, 6.07) is 0. The number of rotatable bonds is 3. The number of hydrogen-bond donors (Lipinski definition) is 3. The zero-order valence-corrected chi connectivity index (χ0v) is 5.79. The number of halogens is 1. The standard InChI is InChI=1S/C6H8BFO3/c1-3-5(8)6(4(2)9)7(10)11/h3,9-11H,1-2H2/b6-5-. The van der Waals surface area contributed by atoms with Crippen molar-refractivity contribution in [3.8, 4) is 0 Å². The largest absolute Gasteiger partial charge is 0.509 e. The fraction of sp³-hybridized carbons (Fsp3) is 0. The van der Waals surface area contributed by atoms with Crippen molar-refractivity contribution in [3.05, 3.63) is 36.3 Å². The lowest BCUT2D eigenvalue weighted by molar-refractivity contribution is 0.390. The van der Waals surface area contributed by atoms with Gasteiger partial charge in [-0.15, -0.1) is 0 Å². The predicted octanol–water partition coefficient (Wildman–Crippen LogP) is 0.480. The second-order valence-corrected chi connectivity index (χ2v) is 1.79. The van der Waals surface area contributed by atoms with Gasteiger partial charge in [0.2, 0.25) is 0 Å². The first kappa shape index (κ1) is 9.93. The van der Waals surface area contributed by atoms with E-state index in [1.54, 1.807) is 0 Å². The summed E-state index contributed by atoms with van der Waals surface area (Å²) in [6.45, 7) is 5.97. The fourth-order valence-electron chi connectivity index (χ4n) is 0.520. The van der Waals surface area contributed by atoms with Gasteiger partial charge < -0.3 is 15.2 Å². The van der Waals surface area contributed by atoms with Crippen molar-refractivity contribution in [3.63, 3.8) is 0 Å². The normalized spacial score (nSPS) is 11.9. The van der Waals surface area contributed by atoms with Gasteiger partial charge in [-0.2, -0.15) is 0 Å². The van der Waals surface area contributed by atoms with Gasteiger partial charge in [0.1, 0.15) is 11.6 Å². The van der Waals surface area contributed by atoms with Crippen LogP contribution in [0.2, 0.25) is 0 Å². The van der Waals surface area contributed by atoms with Gasteiger partial charge >= 0.3 is 7.12 Å². The highest BCUT2D eigenvalue weighted by molar-refractivity contribution is 6.52. The Labute approximate surface area is 63.9 Å². The van der Waals surface area contributed by atoms with E-state index in [0.29, 0.717) is 0 Å². The van der Waals surface area contributed by atoms with Crippen LogP contribution in [0.5, 0.6) is 0 Å². The second kappa shape index (κ2) is 3.95. The average Bonchev–Trinajstić information content (AvgIpc) is 1.85. The molecule has 0 saturated carbocycles. The van der Waals surface area contributed by atoms with Crippen LogP contribution in [0, 0.1) is 0 Å². The van der Waals surface area contributed by atoms with Crippen molar-refractivity contribution in [1.29, 1.82) is 0 Å². The number of hydrogen-bond acceptors (Lipinski definition) is 3. The molecule has 0 aliphatic rings. The molecule has 60 valence electrons. The molecule has 0 aliphatic heterocycles. The maximum Gasteiger partial charge on any atom is 0.495 e. The van der Waals surface area contributed by atoms with Gasteiger partial charge in [0, 0.05) is 0 Å². The van der Waals surface area contributed by atoms with Gasteiger partial charge in [-0.1, -0.05) is 13.2 Å². The lowest BCUT2D eigenvalue weighted by Crippen LogP contribution is -2.17. The quantitative estimate of drug-likeness (QED) is 0.318. The van der Waals surface area contributed by atoms with Crippen molar-refractivity contribution in [2.45, 2.75) is 0 Å². The first-order valence-corrected chi connectivity index (χ1v) is 2.77. The van der Waals surface area contributed by atoms with Crippen molar-refractivity contribution >= 4 is 7.12 Å². The highest BCUT2D eigenvalue weighted by atomic mass is 19.1. The number of aliphatic hydroxyl groups excluding tert-OH is 1. The monoisotopic (exact) mass is 158 g/mol. The molecule has 0 spiro atoms. The van der Waals surface area contributed by atoms with Crippen molar-refractivity contribution in [2.24, 2.45) is 0 Å². The van der Waals surface area contributed by atoms with Gasteiger partial charge in [0.15, 0.2) is 0 Å². The maximum absolute atomic E-state index is 12.5. The third kappa shape index (κ3) is 2.57. The number of aliphatic hydroxyl groups is 1. The summed E-state index contributed by atoms with van der Waals surface area (Å²) in [4.78, 5) is 0. The summed E-state index contributed by atoms with van der Waals surface area (Å²) in [7, 11) is -2.08. The lowest BCUT2D eigenvalue weighted by atomic mass is 9.77. The summed E-state index contributed by atoms with van der Waals surface area (Å²) >= 11 is 0. The van der Waals surface area contributed by atoms with Crippen LogP contribution in [0.15, 0.2) is 36.3 Å². The van der Waals surface area contributed by atoms with Crippen LogP contribution >= 0.6 is 0 Å². The third-order valence-corrected chi connectivity index (χ3v) is 1.01. The smallest absolute Gasteiger partial charge is 0.495 e. The minimum atomic E-state index is -2.08. The maximum atomic E-state index is 12.5. The van der Waals surface area contributed by atoms with Crippen molar-refractivity contribution in [1.82, 2.24) is 0 Å². The predicted molar refractivity (Wildman–Crippen MR) is 40.3 cm³/mol. The van der Waals surface area contributed by atoms with Gasteiger partial charge in [-0.3, -0.25) is 0 Å². The van der Waals surface area contributed by atoms with Crippen LogP contribution in [0.25, 0.3) is 0 Å². The van der Waals surface area contributed by atoms with Crippen LogP contribution in [0.3, 0.4) is 0 Å². The van der Waals surface area contributed by atoms with Crippen LogP contribution in [0.4, 0.5) is 4.39 Å². The first-order chi connectivity index (χ1) is 5.00. The zero-order chi connectivity index (χ0) is 9.02. The van der Waals surface area contributed by atoms with E-state index in [4.69, 9.17) is 15.2 Å². The molecule has 0 saturated heterocycles. The summed E-state index contributed by atoms with van der Waals surface area (Å²) in [5, 5.41) is 25.6. The summed E-state index contributed by atoms with van der Waals surface area (Å²) in [6.07, 6.45) is 0.746. The molecule has 0 aromatic carbocycles. The van der Waals surface area contributed by atoms with E-state index in [0.717, 1.165) is 6.08 Å². The topological polar surface area (TPSA) is 60.7 Å². The molecule has 3 N–H and O–H groups in total. The van der Waals surface area contributed by atoms with Crippen molar-refractivity contribution in [2.75, 3.05) is 0 Å². The molecule has 0 rings (SSSR count). The Bertz CT molecular complexity index is 210. The minimum Gasteiger partial charge on any atom is -0.509 e. The average molecular weight is 158 g/mol. The van der Waals surface area contributed by atoms with E-state index in [-0.39, 0.29) is 0 Å².